The van der Waals surface area contributed by atoms with Gasteiger partial charge in [0.05, 0.1) is 5.56 Å². The third-order valence-electron chi connectivity index (χ3n) is 5.58. The summed E-state index contributed by atoms with van der Waals surface area (Å²) in [5.74, 6) is 1.48. The monoisotopic (exact) mass is 290 g/mol. The minimum Gasteiger partial charge on any atom is -0.454 e. The standard InChI is InChI=1S/C16H22N2O3/c1-15(2)13(16(15,3)4)7-18-14(19)9-5-11-12(6-10(9)17)21-8-20-11/h5-6,13H,7-8,17H2,1-4H3,(H,18,19). The van der Waals surface area contributed by atoms with E-state index in [0.717, 1.165) is 0 Å². The van der Waals surface area contributed by atoms with Crippen LogP contribution in [0.4, 0.5) is 5.69 Å². The average molecular weight is 290 g/mol. The predicted octanol–water partition coefficient (Wildman–Crippen LogP) is 2.41. The molecule has 21 heavy (non-hydrogen) atoms. The van der Waals surface area contributed by atoms with Crippen molar-refractivity contribution in [2.24, 2.45) is 16.7 Å². The molecule has 1 aliphatic heterocycles. The van der Waals surface area contributed by atoms with Crippen LogP contribution < -0.4 is 20.5 Å². The summed E-state index contributed by atoms with van der Waals surface area (Å²) in [5, 5.41) is 2.99. The van der Waals surface area contributed by atoms with Crippen molar-refractivity contribution in [1.82, 2.24) is 5.32 Å². The van der Waals surface area contributed by atoms with Crippen LogP contribution >= 0.6 is 0 Å². The molecular weight excluding hydrogens is 268 g/mol. The van der Waals surface area contributed by atoms with Gasteiger partial charge in [-0.2, -0.15) is 0 Å². The number of amides is 1. The fraction of sp³-hybridized carbons (Fsp3) is 0.562. The summed E-state index contributed by atoms with van der Waals surface area (Å²) in [6.07, 6.45) is 0. The molecule has 1 aromatic carbocycles. The van der Waals surface area contributed by atoms with Crippen molar-refractivity contribution in [2.75, 3.05) is 19.1 Å². The molecule has 1 amide bonds. The van der Waals surface area contributed by atoms with Crippen LogP contribution in [0.15, 0.2) is 12.1 Å². The Morgan fingerprint density at radius 2 is 1.81 bits per heavy atom. The zero-order valence-electron chi connectivity index (χ0n) is 12.9. The number of ether oxygens (including phenoxy) is 2. The second kappa shape index (κ2) is 4.29. The highest BCUT2D eigenvalue weighted by Gasteiger charge is 2.64. The lowest BCUT2D eigenvalue weighted by atomic mass is 10.0. The van der Waals surface area contributed by atoms with E-state index in [1.807, 2.05) is 0 Å². The molecule has 0 unspecified atom stereocenters. The second-order valence-corrected chi connectivity index (χ2v) is 7.00. The third-order valence-corrected chi connectivity index (χ3v) is 5.58. The van der Waals surface area contributed by atoms with Gasteiger partial charge >= 0.3 is 0 Å². The van der Waals surface area contributed by atoms with Crippen molar-refractivity contribution in [2.45, 2.75) is 27.7 Å². The molecule has 5 heteroatoms. The van der Waals surface area contributed by atoms with Crippen LogP contribution in [0.25, 0.3) is 0 Å². The van der Waals surface area contributed by atoms with Crippen molar-refractivity contribution in [3.63, 3.8) is 0 Å². The van der Waals surface area contributed by atoms with Gasteiger partial charge in [-0.15, -0.1) is 0 Å². The van der Waals surface area contributed by atoms with Gasteiger partial charge < -0.3 is 20.5 Å². The zero-order valence-corrected chi connectivity index (χ0v) is 12.9. The molecule has 3 rings (SSSR count). The number of anilines is 1. The molecule has 1 aliphatic carbocycles. The van der Waals surface area contributed by atoms with E-state index in [4.69, 9.17) is 15.2 Å². The minimum atomic E-state index is -0.163. The Hall–Kier alpha value is -1.91. The first-order valence-corrected chi connectivity index (χ1v) is 7.22. The van der Waals surface area contributed by atoms with Crippen LogP contribution in [0.5, 0.6) is 11.5 Å². The number of carbonyl (C=O) groups is 1. The third kappa shape index (κ3) is 2.03. The Balaban J connectivity index is 1.70. The fourth-order valence-electron chi connectivity index (χ4n) is 3.29. The van der Waals surface area contributed by atoms with E-state index in [1.165, 1.54) is 0 Å². The Morgan fingerprint density at radius 3 is 2.38 bits per heavy atom. The lowest BCUT2D eigenvalue weighted by Crippen LogP contribution is -2.27. The summed E-state index contributed by atoms with van der Waals surface area (Å²) in [5.41, 5.74) is 7.28. The highest BCUT2D eigenvalue weighted by atomic mass is 16.7. The number of nitrogens with two attached hydrogens (primary N) is 1. The molecule has 0 spiro atoms. The molecule has 0 radical (unpaired) electrons. The minimum absolute atomic E-state index is 0.163. The maximum Gasteiger partial charge on any atom is 0.253 e. The van der Waals surface area contributed by atoms with Gasteiger partial charge in [0, 0.05) is 18.3 Å². The first-order valence-electron chi connectivity index (χ1n) is 7.22. The Labute approximate surface area is 124 Å². The molecule has 2 aliphatic rings. The molecule has 1 heterocycles. The summed E-state index contributed by atoms with van der Waals surface area (Å²) in [4.78, 5) is 12.3. The number of nitrogens with one attached hydrogen (secondary N) is 1. The lowest BCUT2D eigenvalue weighted by molar-refractivity contribution is 0.0950. The second-order valence-electron chi connectivity index (χ2n) is 7.00. The summed E-state index contributed by atoms with van der Waals surface area (Å²) in [6, 6.07) is 3.29. The molecular formula is C16H22N2O3. The molecule has 0 saturated heterocycles. The van der Waals surface area contributed by atoms with Gasteiger partial charge in [-0.25, -0.2) is 0 Å². The highest BCUT2D eigenvalue weighted by molar-refractivity contribution is 6.00. The van der Waals surface area contributed by atoms with Crippen molar-refractivity contribution >= 4 is 11.6 Å². The molecule has 114 valence electrons. The molecule has 0 bridgehead atoms. The summed E-state index contributed by atoms with van der Waals surface area (Å²) in [6.45, 7) is 9.77. The number of carbonyl (C=O) groups excluding carboxylic acids is 1. The molecule has 0 atom stereocenters. The largest absolute Gasteiger partial charge is 0.454 e. The van der Waals surface area contributed by atoms with Gasteiger partial charge in [-0.1, -0.05) is 27.7 Å². The molecule has 1 fully saturated rings. The van der Waals surface area contributed by atoms with E-state index < -0.39 is 0 Å². The van der Waals surface area contributed by atoms with E-state index in [9.17, 15) is 4.79 Å². The average Bonchev–Trinajstić information content (AvgIpc) is 2.73. The number of nitrogen functional groups attached to an aromatic ring is 1. The van der Waals surface area contributed by atoms with Crippen LogP contribution in [0.1, 0.15) is 38.1 Å². The SMILES string of the molecule is CC1(C)C(CNC(=O)c2cc3c(cc2N)OCO3)C1(C)C. The van der Waals surface area contributed by atoms with Crippen LogP contribution in [-0.4, -0.2) is 19.2 Å². The van der Waals surface area contributed by atoms with Gasteiger partial charge in [0.2, 0.25) is 6.79 Å². The Kier molecular flexibility index (Phi) is 2.87. The number of hydrogen-bond donors (Lipinski definition) is 2. The lowest BCUT2D eigenvalue weighted by Gasteiger charge is -2.09. The smallest absolute Gasteiger partial charge is 0.253 e. The van der Waals surface area contributed by atoms with Crippen molar-refractivity contribution in [3.05, 3.63) is 17.7 Å². The van der Waals surface area contributed by atoms with Crippen LogP contribution in [0.2, 0.25) is 0 Å². The summed E-state index contributed by atoms with van der Waals surface area (Å²) < 4.78 is 10.5. The first kappa shape index (κ1) is 14.0. The quantitative estimate of drug-likeness (QED) is 0.838. The molecule has 0 aromatic heterocycles. The zero-order chi connectivity index (χ0) is 15.4. The van der Waals surface area contributed by atoms with Crippen molar-refractivity contribution in [3.8, 4) is 11.5 Å². The van der Waals surface area contributed by atoms with E-state index >= 15 is 0 Å². The van der Waals surface area contributed by atoms with Crippen molar-refractivity contribution < 1.29 is 14.3 Å². The van der Waals surface area contributed by atoms with E-state index in [-0.39, 0.29) is 23.5 Å². The topological polar surface area (TPSA) is 73.6 Å². The van der Waals surface area contributed by atoms with E-state index in [2.05, 4.69) is 33.0 Å². The van der Waals surface area contributed by atoms with Gasteiger partial charge in [0.1, 0.15) is 0 Å². The van der Waals surface area contributed by atoms with E-state index in [1.54, 1.807) is 12.1 Å². The number of rotatable bonds is 3. The normalized spacial score (nSPS) is 21.1. The van der Waals surface area contributed by atoms with Crippen LogP contribution in [0, 0.1) is 16.7 Å². The summed E-state index contributed by atoms with van der Waals surface area (Å²) in [7, 11) is 0. The van der Waals surface area contributed by atoms with Gasteiger partial charge in [-0.3, -0.25) is 4.79 Å². The molecule has 3 N–H and O–H groups in total. The van der Waals surface area contributed by atoms with Crippen LogP contribution in [-0.2, 0) is 0 Å². The molecule has 1 aromatic rings. The van der Waals surface area contributed by atoms with Crippen molar-refractivity contribution in [1.29, 1.82) is 0 Å². The Bertz CT molecular complexity index is 594. The molecule has 5 nitrogen and oxygen atoms in total. The maximum atomic E-state index is 12.3. The number of benzene rings is 1. The van der Waals surface area contributed by atoms with Crippen LogP contribution in [0.3, 0.4) is 0 Å². The predicted molar refractivity (Wildman–Crippen MR) is 80.4 cm³/mol. The number of hydrogen-bond acceptors (Lipinski definition) is 4. The highest BCUT2D eigenvalue weighted by Crippen LogP contribution is 2.67. The number of fused-ring (bicyclic) bond motifs is 1. The fourth-order valence-corrected chi connectivity index (χ4v) is 3.29. The van der Waals surface area contributed by atoms with Gasteiger partial charge in [-0.05, 0) is 22.8 Å². The maximum absolute atomic E-state index is 12.3. The first-order chi connectivity index (χ1) is 9.75. The Morgan fingerprint density at radius 1 is 1.24 bits per heavy atom. The van der Waals surface area contributed by atoms with Gasteiger partial charge in [0.25, 0.3) is 5.91 Å². The summed E-state index contributed by atoms with van der Waals surface area (Å²) >= 11 is 0. The molecule has 1 saturated carbocycles. The van der Waals surface area contributed by atoms with E-state index in [0.29, 0.717) is 35.2 Å². The van der Waals surface area contributed by atoms with Gasteiger partial charge in [0.15, 0.2) is 11.5 Å².